The van der Waals surface area contributed by atoms with E-state index in [-0.39, 0.29) is 29.8 Å². The Balaban J connectivity index is 1.57. The minimum Gasteiger partial charge on any atom is -0.352 e. The van der Waals surface area contributed by atoms with E-state index in [1.165, 1.54) is 0 Å². The molecule has 0 fully saturated rings. The molecule has 2 amide bonds. The number of benzene rings is 2. The lowest BCUT2D eigenvalue weighted by Crippen LogP contribution is -2.27. The van der Waals surface area contributed by atoms with Crippen LogP contribution in [0.3, 0.4) is 0 Å². The molecule has 0 aliphatic rings. The second-order valence-electron chi connectivity index (χ2n) is 7.51. The van der Waals surface area contributed by atoms with Gasteiger partial charge in [-0.3, -0.25) is 18.7 Å². The molecule has 3 aromatic rings. The third-order valence-corrected chi connectivity index (χ3v) is 5.36. The zero-order valence-electron chi connectivity index (χ0n) is 17.6. The van der Waals surface area contributed by atoms with Crippen LogP contribution < -0.4 is 16.3 Å². The highest BCUT2D eigenvalue weighted by molar-refractivity contribution is 5.92. The van der Waals surface area contributed by atoms with Gasteiger partial charge in [0.15, 0.2) is 0 Å². The van der Waals surface area contributed by atoms with E-state index in [1.54, 1.807) is 16.2 Å². The van der Waals surface area contributed by atoms with Crippen LogP contribution in [-0.4, -0.2) is 20.9 Å². The highest BCUT2D eigenvalue weighted by Gasteiger charge is 2.12. The molecule has 0 bridgehead atoms. The fourth-order valence-electron chi connectivity index (χ4n) is 3.29. The normalized spacial score (nSPS) is 12.0. The number of aromatic nitrogens is 2. The van der Waals surface area contributed by atoms with Gasteiger partial charge in [0.2, 0.25) is 11.8 Å². The van der Waals surface area contributed by atoms with Crippen LogP contribution in [0.4, 0.5) is 5.69 Å². The van der Waals surface area contributed by atoms with Crippen LogP contribution in [0.2, 0.25) is 0 Å². The van der Waals surface area contributed by atoms with Crippen LogP contribution in [0.15, 0.2) is 53.3 Å². The molecule has 3 rings (SSSR count). The highest BCUT2D eigenvalue weighted by Crippen LogP contribution is 2.14. The van der Waals surface area contributed by atoms with Gasteiger partial charge in [-0.1, -0.05) is 38.1 Å². The summed E-state index contributed by atoms with van der Waals surface area (Å²) in [5, 5.41) is 5.79. The fourth-order valence-corrected chi connectivity index (χ4v) is 3.29. The van der Waals surface area contributed by atoms with Crippen LogP contribution in [-0.2, 0) is 29.7 Å². The Morgan fingerprint density at radius 1 is 1.07 bits per heavy atom. The van der Waals surface area contributed by atoms with Gasteiger partial charge in [-0.15, -0.1) is 0 Å². The summed E-state index contributed by atoms with van der Waals surface area (Å²) in [6.45, 7) is 4.54. The maximum atomic E-state index is 12.4. The highest BCUT2D eigenvalue weighted by atomic mass is 16.2. The van der Waals surface area contributed by atoms with Crippen molar-refractivity contribution in [1.82, 2.24) is 14.5 Å². The van der Waals surface area contributed by atoms with E-state index in [9.17, 15) is 14.4 Å². The van der Waals surface area contributed by atoms with E-state index in [2.05, 4.69) is 10.6 Å². The third kappa shape index (κ3) is 4.79. The van der Waals surface area contributed by atoms with Gasteiger partial charge in [0.1, 0.15) is 0 Å². The molecule has 0 aliphatic carbocycles. The van der Waals surface area contributed by atoms with E-state index >= 15 is 0 Å². The molecule has 158 valence electrons. The molecule has 1 atom stereocenters. The number of anilines is 1. The molecule has 1 aromatic heterocycles. The molecule has 0 saturated heterocycles. The maximum Gasteiger partial charge on any atom is 0.328 e. The van der Waals surface area contributed by atoms with E-state index in [4.69, 9.17) is 0 Å². The lowest BCUT2D eigenvalue weighted by molar-refractivity contribution is -0.121. The van der Waals surface area contributed by atoms with Gasteiger partial charge in [-0.25, -0.2) is 4.79 Å². The standard InChI is InChI=1S/C23H28N4O3/c1-4-16(2)22(29)25-18-9-7-8-17(14-18)15-24-21(28)12-13-27-20-11-6-5-10-19(20)26(3)23(27)30/h5-11,14,16H,4,12-13,15H2,1-3H3,(H,24,28)(H,25,29)/t16-/m1/s1. The predicted octanol–water partition coefficient (Wildman–Crippen LogP) is 3.03. The van der Waals surface area contributed by atoms with Crippen molar-refractivity contribution < 1.29 is 9.59 Å². The van der Waals surface area contributed by atoms with Crippen LogP contribution in [0.1, 0.15) is 32.3 Å². The number of nitrogens with one attached hydrogen (secondary N) is 2. The van der Waals surface area contributed by atoms with Crippen LogP contribution in [0.25, 0.3) is 11.0 Å². The van der Waals surface area contributed by atoms with Crippen molar-refractivity contribution in [1.29, 1.82) is 0 Å². The first kappa shape index (κ1) is 21.4. The number of hydrogen-bond acceptors (Lipinski definition) is 3. The predicted molar refractivity (Wildman–Crippen MR) is 118 cm³/mol. The SMILES string of the molecule is CC[C@@H](C)C(=O)Nc1cccc(CNC(=O)CCn2c(=O)n(C)c3ccccc32)c1. The number of para-hydroxylation sites is 2. The van der Waals surface area contributed by atoms with Gasteiger partial charge in [-0.05, 0) is 36.2 Å². The Kier molecular flexibility index (Phi) is 6.72. The number of imidazole rings is 1. The van der Waals surface area contributed by atoms with E-state index in [1.807, 2.05) is 62.4 Å². The van der Waals surface area contributed by atoms with Crippen LogP contribution in [0.5, 0.6) is 0 Å². The Labute approximate surface area is 175 Å². The fraction of sp³-hybridized carbons (Fsp3) is 0.348. The topological polar surface area (TPSA) is 85.1 Å². The first-order valence-corrected chi connectivity index (χ1v) is 10.2. The van der Waals surface area contributed by atoms with Crippen molar-refractivity contribution in [3.05, 3.63) is 64.6 Å². The molecule has 0 spiro atoms. The molecular weight excluding hydrogens is 380 g/mol. The van der Waals surface area contributed by atoms with E-state index < -0.39 is 0 Å². The third-order valence-electron chi connectivity index (χ3n) is 5.36. The summed E-state index contributed by atoms with van der Waals surface area (Å²) in [4.78, 5) is 36.8. The van der Waals surface area contributed by atoms with Crippen molar-refractivity contribution in [2.24, 2.45) is 13.0 Å². The molecule has 1 heterocycles. The molecule has 7 nitrogen and oxygen atoms in total. The number of rotatable bonds is 8. The van der Waals surface area contributed by atoms with Gasteiger partial charge in [-0.2, -0.15) is 0 Å². The van der Waals surface area contributed by atoms with Crippen LogP contribution in [0, 0.1) is 5.92 Å². The lowest BCUT2D eigenvalue weighted by atomic mass is 10.1. The largest absolute Gasteiger partial charge is 0.352 e. The molecule has 2 N–H and O–H groups in total. The second kappa shape index (κ2) is 9.43. The zero-order chi connectivity index (χ0) is 21.7. The summed E-state index contributed by atoms with van der Waals surface area (Å²) in [5.74, 6) is -0.200. The van der Waals surface area contributed by atoms with Crippen molar-refractivity contribution in [3.8, 4) is 0 Å². The Bertz CT molecular complexity index is 1110. The van der Waals surface area contributed by atoms with Gasteiger partial charge in [0.25, 0.3) is 0 Å². The summed E-state index contributed by atoms with van der Waals surface area (Å²) in [6, 6.07) is 15.0. The van der Waals surface area contributed by atoms with E-state index in [0.717, 1.165) is 23.0 Å². The van der Waals surface area contributed by atoms with Crippen molar-refractivity contribution in [2.75, 3.05) is 5.32 Å². The summed E-state index contributed by atoms with van der Waals surface area (Å²) >= 11 is 0. The average Bonchev–Trinajstić information content (AvgIpc) is 3.00. The number of aryl methyl sites for hydroxylation is 2. The number of fused-ring (bicyclic) bond motifs is 1. The number of carbonyl (C=O) groups is 2. The molecule has 7 heteroatoms. The summed E-state index contributed by atoms with van der Waals surface area (Å²) in [6.07, 6.45) is 0.986. The van der Waals surface area contributed by atoms with Crippen molar-refractivity contribution in [2.45, 2.75) is 39.8 Å². The maximum absolute atomic E-state index is 12.4. The minimum atomic E-state index is -0.135. The van der Waals surface area contributed by atoms with E-state index in [0.29, 0.717) is 18.8 Å². The minimum absolute atomic E-state index is 0.0146. The van der Waals surface area contributed by atoms with Gasteiger partial charge in [0, 0.05) is 38.2 Å². The zero-order valence-corrected chi connectivity index (χ0v) is 17.6. The average molecular weight is 409 g/mol. The quantitative estimate of drug-likeness (QED) is 0.601. The molecule has 2 aromatic carbocycles. The van der Waals surface area contributed by atoms with Crippen LogP contribution >= 0.6 is 0 Å². The summed E-state index contributed by atoms with van der Waals surface area (Å²) in [5.41, 5.74) is 3.15. The first-order chi connectivity index (χ1) is 14.4. The van der Waals surface area contributed by atoms with Gasteiger partial charge in [0.05, 0.1) is 11.0 Å². The van der Waals surface area contributed by atoms with Crippen molar-refractivity contribution >= 4 is 28.5 Å². The number of carbonyl (C=O) groups excluding carboxylic acids is 2. The Morgan fingerprint density at radius 3 is 2.53 bits per heavy atom. The smallest absolute Gasteiger partial charge is 0.328 e. The molecule has 0 aliphatic heterocycles. The monoisotopic (exact) mass is 408 g/mol. The molecule has 0 unspecified atom stereocenters. The first-order valence-electron chi connectivity index (χ1n) is 10.2. The summed E-state index contributed by atoms with van der Waals surface area (Å²) < 4.78 is 3.21. The number of nitrogens with zero attached hydrogens (tertiary/aromatic N) is 2. The van der Waals surface area contributed by atoms with Crippen molar-refractivity contribution in [3.63, 3.8) is 0 Å². The molecule has 0 radical (unpaired) electrons. The second-order valence-corrected chi connectivity index (χ2v) is 7.51. The molecule has 0 saturated carbocycles. The Morgan fingerprint density at radius 2 is 1.80 bits per heavy atom. The number of amides is 2. The molecular formula is C23H28N4O3. The Hall–Kier alpha value is -3.35. The van der Waals surface area contributed by atoms with Gasteiger partial charge < -0.3 is 10.6 Å². The lowest BCUT2D eigenvalue weighted by Gasteiger charge is -2.11. The molecule has 30 heavy (non-hydrogen) atoms. The van der Waals surface area contributed by atoms with Gasteiger partial charge >= 0.3 is 5.69 Å². The number of hydrogen-bond donors (Lipinski definition) is 2. The summed E-state index contributed by atoms with van der Waals surface area (Å²) in [7, 11) is 1.73.